The molecule has 0 atom stereocenters. The van der Waals surface area contributed by atoms with Crippen molar-refractivity contribution in [2.24, 2.45) is 11.8 Å². The van der Waals surface area contributed by atoms with Crippen LogP contribution in [0.4, 0.5) is 0 Å². The van der Waals surface area contributed by atoms with Gasteiger partial charge < -0.3 is 0 Å². The van der Waals surface area contributed by atoms with Crippen LogP contribution in [0, 0.1) is 11.8 Å². The first-order chi connectivity index (χ1) is 15.5. The maximum atomic E-state index is 12.0. The molecule has 0 N–H and O–H groups in total. The van der Waals surface area contributed by atoms with E-state index in [1.807, 2.05) is 13.1 Å². The summed E-state index contributed by atoms with van der Waals surface area (Å²) < 4.78 is 2.15. The van der Waals surface area contributed by atoms with Crippen molar-refractivity contribution in [3.63, 3.8) is 0 Å². The molecule has 4 nitrogen and oxygen atoms in total. The highest BCUT2D eigenvalue weighted by Crippen LogP contribution is 2.36. The van der Waals surface area contributed by atoms with Gasteiger partial charge in [0.25, 0.3) is 0 Å². The highest BCUT2D eigenvalue weighted by molar-refractivity contribution is 5.80. The van der Waals surface area contributed by atoms with Gasteiger partial charge >= 0.3 is 0 Å². The highest BCUT2D eigenvalue weighted by atomic mass is 16.1. The number of hydrogen-bond donors (Lipinski definition) is 0. The quantitative estimate of drug-likeness (QED) is 0.497. The number of benzene rings is 1. The van der Waals surface area contributed by atoms with E-state index in [9.17, 15) is 4.79 Å². The second-order valence-corrected chi connectivity index (χ2v) is 10.5. The molecular weight excluding hydrogens is 394 g/mol. The van der Waals surface area contributed by atoms with Crippen LogP contribution < -0.4 is 0 Å². The Morgan fingerprint density at radius 1 is 1.03 bits per heavy atom. The van der Waals surface area contributed by atoms with E-state index >= 15 is 0 Å². The maximum Gasteiger partial charge on any atom is 0.135 e. The molecule has 32 heavy (non-hydrogen) atoms. The zero-order valence-corrected chi connectivity index (χ0v) is 20.3. The summed E-state index contributed by atoms with van der Waals surface area (Å²) in [6, 6.07) is 9.36. The van der Waals surface area contributed by atoms with Gasteiger partial charge in [-0.2, -0.15) is 5.10 Å². The number of carbonyl (C=O) groups excluding carboxylic acids is 1. The largest absolute Gasteiger partial charge is 0.299 e. The lowest BCUT2D eigenvalue weighted by Gasteiger charge is -2.32. The molecule has 174 valence electrons. The number of hydrogen-bond acceptors (Lipinski definition) is 3. The molecule has 2 aromatic rings. The molecule has 2 heterocycles. The van der Waals surface area contributed by atoms with E-state index in [0.717, 1.165) is 44.7 Å². The second kappa shape index (κ2) is 10.8. The summed E-state index contributed by atoms with van der Waals surface area (Å²) in [6.07, 6.45) is 12.0. The van der Waals surface area contributed by atoms with Crippen molar-refractivity contribution < 1.29 is 4.79 Å². The minimum atomic E-state index is 0.323. The molecule has 1 aliphatic carbocycles. The van der Waals surface area contributed by atoms with E-state index < -0.39 is 0 Å². The van der Waals surface area contributed by atoms with E-state index in [0.29, 0.717) is 30.0 Å². The Kier molecular flexibility index (Phi) is 7.83. The highest BCUT2D eigenvalue weighted by Gasteiger charge is 2.26. The SMILES string of the molecule is CCC(=O)C1CCC(c2ccc(CN3CCC(Cn4cc(C(C)C)cn4)CC3)cc2)CC1. The van der Waals surface area contributed by atoms with Gasteiger partial charge in [0.05, 0.1) is 6.20 Å². The molecule has 0 amide bonds. The van der Waals surface area contributed by atoms with Gasteiger partial charge in [0, 0.05) is 31.6 Å². The average Bonchev–Trinajstić information content (AvgIpc) is 3.29. The maximum absolute atomic E-state index is 12.0. The van der Waals surface area contributed by atoms with E-state index in [1.54, 1.807) is 0 Å². The molecule has 0 bridgehead atoms. The summed E-state index contributed by atoms with van der Waals surface area (Å²) in [5.74, 6) is 2.72. The molecule has 1 aromatic heterocycles. The van der Waals surface area contributed by atoms with E-state index in [-0.39, 0.29) is 0 Å². The Balaban J connectivity index is 1.21. The smallest absolute Gasteiger partial charge is 0.135 e. The zero-order chi connectivity index (χ0) is 22.5. The number of carbonyl (C=O) groups is 1. The summed E-state index contributed by atoms with van der Waals surface area (Å²) in [5, 5.41) is 4.57. The van der Waals surface area contributed by atoms with Crippen LogP contribution in [0.15, 0.2) is 36.7 Å². The first kappa shape index (κ1) is 23.2. The molecule has 2 aliphatic rings. The molecule has 1 saturated heterocycles. The monoisotopic (exact) mass is 435 g/mol. The molecule has 1 aromatic carbocycles. The average molecular weight is 436 g/mol. The molecule has 1 saturated carbocycles. The van der Waals surface area contributed by atoms with Crippen LogP contribution in [0.25, 0.3) is 0 Å². The van der Waals surface area contributed by atoms with Crippen LogP contribution in [0.1, 0.15) is 94.2 Å². The number of likely N-dealkylation sites (tertiary alicyclic amines) is 1. The number of ketones is 1. The van der Waals surface area contributed by atoms with Gasteiger partial charge in [0.2, 0.25) is 0 Å². The second-order valence-electron chi connectivity index (χ2n) is 10.5. The Bertz CT molecular complexity index is 853. The zero-order valence-electron chi connectivity index (χ0n) is 20.3. The van der Waals surface area contributed by atoms with Gasteiger partial charge in [-0.25, -0.2) is 0 Å². The van der Waals surface area contributed by atoms with Crippen LogP contribution in [0.5, 0.6) is 0 Å². The van der Waals surface area contributed by atoms with Crippen LogP contribution in [0.3, 0.4) is 0 Å². The van der Waals surface area contributed by atoms with Crippen LogP contribution in [-0.2, 0) is 17.9 Å². The van der Waals surface area contributed by atoms with E-state index in [4.69, 9.17) is 0 Å². The predicted octanol–water partition coefficient (Wildman–Crippen LogP) is 6.17. The minimum absolute atomic E-state index is 0.323. The summed E-state index contributed by atoms with van der Waals surface area (Å²) in [6.45, 7) is 10.9. The predicted molar refractivity (Wildman–Crippen MR) is 131 cm³/mol. The Morgan fingerprint density at radius 3 is 2.31 bits per heavy atom. The van der Waals surface area contributed by atoms with Gasteiger partial charge in [-0.1, -0.05) is 45.0 Å². The first-order valence-corrected chi connectivity index (χ1v) is 12.9. The third-order valence-electron chi connectivity index (χ3n) is 7.86. The fraction of sp³-hybridized carbons (Fsp3) is 0.643. The number of Topliss-reactive ketones (excluding diaryl/α,β-unsaturated/α-hetero) is 1. The van der Waals surface area contributed by atoms with Gasteiger partial charge in [-0.3, -0.25) is 14.4 Å². The standard InChI is InChI=1S/C28H41N3O/c1-4-28(32)26-11-9-25(10-12-26)24-7-5-22(6-8-24)18-30-15-13-23(14-16-30)19-31-20-27(17-29-31)21(2)3/h5-8,17,20-21,23,25-26H,4,9-16,18-19H2,1-3H3. The third kappa shape index (κ3) is 5.89. The van der Waals surface area contributed by atoms with E-state index in [2.05, 4.69) is 59.0 Å². The number of aromatic nitrogens is 2. The summed E-state index contributed by atoms with van der Waals surface area (Å²) >= 11 is 0. The van der Waals surface area contributed by atoms with Crippen molar-refractivity contribution in [1.29, 1.82) is 0 Å². The van der Waals surface area contributed by atoms with Crippen molar-refractivity contribution in [2.45, 2.75) is 90.6 Å². The molecular formula is C28H41N3O. The Labute approximate surface area is 194 Å². The van der Waals surface area contributed by atoms with Crippen molar-refractivity contribution in [3.8, 4) is 0 Å². The number of rotatable bonds is 8. The van der Waals surface area contributed by atoms with Gasteiger partial charge in [-0.05, 0) is 86.1 Å². The van der Waals surface area contributed by atoms with Gasteiger partial charge in [0.15, 0.2) is 0 Å². The molecule has 0 spiro atoms. The molecule has 1 aliphatic heterocycles. The fourth-order valence-corrected chi connectivity index (χ4v) is 5.56. The molecule has 0 radical (unpaired) electrons. The number of nitrogens with zero attached hydrogens (tertiary/aromatic N) is 3. The lowest BCUT2D eigenvalue weighted by atomic mass is 9.77. The van der Waals surface area contributed by atoms with E-state index in [1.165, 1.54) is 42.6 Å². The summed E-state index contributed by atoms with van der Waals surface area (Å²) in [4.78, 5) is 14.6. The van der Waals surface area contributed by atoms with Gasteiger partial charge in [0.1, 0.15) is 5.78 Å². The molecule has 2 fully saturated rings. The normalized spacial score (nSPS) is 23.0. The third-order valence-corrected chi connectivity index (χ3v) is 7.86. The topological polar surface area (TPSA) is 38.1 Å². The van der Waals surface area contributed by atoms with Crippen molar-refractivity contribution in [1.82, 2.24) is 14.7 Å². The van der Waals surface area contributed by atoms with Crippen molar-refractivity contribution >= 4 is 5.78 Å². The van der Waals surface area contributed by atoms with Crippen LogP contribution >= 0.6 is 0 Å². The Morgan fingerprint density at radius 2 is 1.72 bits per heavy atom. The molecule has 0 unspecified atom stereocenters. The lowest BCUT2D eigenvalue weighted by molar-refractivity contribution is -0.123. The fourth-order valence-electron chi connectivity index (χ4n) is 5.56. The number of piperidine rings is 1. The van der Waals surface area contributed by atoms with Crippen LogP contribution in [-0.4, -0.2) is 33.6 Å². The minimum Gasteiger partial charge on any atom is -0.299 e. The van der Waals surface area contributed by atoms with Gasteiger partial charge in [-0.15, -0.1) is 0 Å². The summed E-state index contributed by atoms with van der Waals surface area (Å²) in [5.41, 5.74) is 4.24. The first-order valence-electron chi connectivity index (χ1n) is 12.9. The molecule has 4 rings (SSSR count). The summed E-state index contributed by atoms with van der Waals surface area (Å²) in [7, 11) is 0. The van der Waals surface area contributed by atoms with Crippen molar-refractivity contribution in [2.75, 3.05) is 13.1 Å². The molecule has 4 heteroatoms. The lowest BCUT2D eigenvalue weighted by Crippen LogP contribution is -2.34. The Hall–Kier alpha value is -1.94. The van der Waals surface area contributed by atoms with Crippen molar-refractivity contribution in [3.05, 3.63) is 53.3 Å². The van der Waals surface area contributed by atoms with Crippen LogP contribution in [0.2, 0.25) is 0 Å².